The Morgan fingerprint density at radius 3 is 2.25 bits per heavy atom. The van der Waals surface area contributed by atoms with E-state index in [-0.39, 0.29) is 17.3 Å². The van der Waals surface area contributed by atoms with Gasteiger partial charge in [0.1, 0.15) is 0 Å². The molecule has 0 aromatic heterocycles. The molecule has 0 heterocycles. The summed E-state index contributed by atoms with van der Waals surface area (Å²) < 4.78 is 27.0. The van der Waals surface area contributed by atoms with Gasteiger partial charge in [-0.25, -0.2) is 8.42 Å². The molecule has 0 aliphatic heterocycles. The molecule has 0 bridgehead atoms. The van der Waals surface area contributed by atoms with Gasteiger partial charge in [0, 0.05) is 25.3 Å². The molecule has 2 aromatic rings. The van der Waals surface area contributed by atoms with Crippen molar-refractivity contribution in [2.75, 3.05) is 25.0 Å². The number of carbonyl (C=O) groups excluding carboxylic acids is 1. The maximum Gasteiger partial charge on any atom is 0.243 e. The molecule has 1 amide bonds. The van der Waals surface area contributed by atoms with Gasteiger partial charge in [0.05, 0.1) is 11.4 Å². The Balaban J connectivity index is 2.01. The second kappa shape index (κ2) is 9.71. The van der Waals surface area contributed by atoms with Gasteiger partial charge in [-0.2, -0.15) is 4.31 Å². The van der Waals surface area contributed by atoms with E-state index in [1.165, 1.54) is 9.87 Å². The van der Waals surface area contributed by atoms with Crippen LogP contribution < -0.4 is 10.6 Å². The van der Waals surface area contributed by atoms with Crippen molar-refractivity contribution >= 4 is 21.6 Å². The number of hydrogen-bond acceptors (Lipinski definition) is 4. The molecular formula is C21H29N3O3S. The van der Waals surface area contributed by atoms with Gasteiger partial charge >= 0.3 is 0 Å². The molecule has 28 heavy (non-hydrogen) atoms. The van der Waals surface area contributed by atoms with E-state index in [1.807, 2.05) is 45.0 Å². The van der Waals surface area contributed by atoms with Crippen molar-refractivity contribution < 1.29 is 13.2 Å². The fraction of sp³-hybridized carbons (Fsp3) is 0.381. The van der Waals surface area contributed by atoms with Gasteiger partial charge in [0.25, 0.3) is 0 Å². The quantitative estimate of drug-likeness (QED) is 0.674. The van der Waals surface area contributed by atoms with E-state index in [0.29, 0.717) is 30.9 Å². The van der Waals surface area contributed by atoms with Crippen LogP contribution in [0.2, 0.25) is 0 Å². The lowest BCUT2D eigenvalue weighted by atomic mass is 10.1. The first-order chi connectivity index (χ1) is 13.3. The predicted molar refractivity (Wildman–Crippen MR) is 113 cm³/mol. The summed E-state index contributed by atoms with van der Waals surface area (Å²) in [6.07, 6.45) is 0. The Bertz CT molecular complexity index is 905. The molecule has 152 valence electrons. The average molecular weight is 404 g/mol. The second-order valence-electron chi connectivity index (χ2n) is 6.69. The molecule has 0 radical (unpaired) electrons. The molecule has 0 aliphatic carbocycles. The SMILES string of the molecule is CCN(CC)S(=O)(=O)c1cc(NCC(=O)NCc2ccc(C)cc2)ccc1C. The molecule has 0 spiro atoms. The van der Waals surface area contributed by atoms with Gasteiger partial charge < -0.3 is 10.6 Å². The summed E-state index contributed by atoms with van der Waals surface area (Å²) in [6.45, 7) is 8.77. The summed E-state index contributed by atoms with van der Waals surface area (Å²) >= 11 is 0. The molecule has 0 saturated carbocycles. The number of anilines is 1. The lowest BCUT2D eigenvalue weighted by molar-refractivity contribution is -0.119. The Labute approximate surface area is 168 Å². The molecule has 7 heteroatoms. The third-order valence-electron chi connectivity index (χ3n) is 4.57. The summed E-state index contributed by atoms with van der Waals surface area (Å²) in [6, 6.07) is 13.1. The standard InChI is InChI=1S/C21H29N3O3S/c1-5-24(6-2)28(26,27)20-13-19(12-9-17(20)4)22-15-21(25)23-14-18-10-7-16(3)8-11-18/h7-13,22H,5-6,14-15H2,1-4H3,(H,23,25). The number of nitrogens with one attached hydrogen (secondary N) is 2. The monoisotopic (exact) mass is 403 g/mol. The summed E-state index contributed by atoms with van der Waals surface area (Å²) in [5.41, 5.74) is 3.48. The Morgan fingerprint density at radius 2 is 1.64 bits per heavy atom. The highest BCUT2D eigenvalue weighted by molar-refractivity contribution is 7.89. The molecular weight excluding hydrogens is 374 g/mol. The van der Waals surface area contributed by atoms with Crippen molar-refractivity contribution in [2.24, 2.45) is 0 Å². The summed E-state index contributed by atoms with van der Waals surface area (Å²) in [7, 11) is -3.55. The van der Waals surface area contributed by atoms with E-state index < -0.39 is 10.0 Å². The maximum atomic E-state index is 12.8. The lowest BCUT2D eigenvalue weighted by Gasteiger charge is -2.20. The summed E-state index contributed by atoms with van der Waals surface area (Å²) in [5.74, 6) is -0.158. The van der Waals surface area contributed by atoms with E-state index in [4.69, 9.17) is 0 Å². The topological polar surface area (TPSA) is 78.5 Å². The Hall–Kier alpha value is -2.38. The number of carbonyl (C=O) groups is 1. The smallest absolute Gasteiger partial charge is 0.243 e. The van der Waals surface area contributed by atoms with Crippen LogP contribution in [0.25, 0.3) is 0 Å². The van der Waals surface area contributed by atoms with E-state index in [0.717, 1.165) is 5.56 Å². The molecule has 0 unspecified atom stereocenters. The minimum Gasteiger partial charge on any atom is -0.376 e. The van der Waals surface area contributed by atoms with Gasteiger partial charge in [0.2, 0.25) is 15.9 Å². The van der Waals surface area contributed by atoms with Gasteiger partial charge in [0.15, 0.2) is 0 Å². The van der Waals surface area contributed by atoms with Crippen LogP contribution in [0.1, 0.15) is 30.5 Å². The Kier molecular flexibility index (Phi) is 7.60. The lowest BCUT2D eigenvalue weighted by Crippen LogP contribution is -2.31. The number of benzene rings is 2. The first-order valence-electron chi connectivity index (χ1n) is 9.44. The minimum atomic E-state index is -3.55. The van der Waals surface area contributed by atoms with Crippen LogP contribution >= 0.6 is 0 Å². The second-order valence-corrected chi connectivity index (χ2v) is 8.59. The molecule has 2 rings (SSSR count). The van der Waals surface area contributed by atoms with Crippen molar-refractivity contribution in [1.29, 1.82) is 0 Å². The van der Waals surface area contributed by atoms with E-state index in [9.17, 15) is 13.2 Å². The van der Waals surface area contributed by atoms with E-state index in [1.54, 1.807) is 25.1 Å². The summed E-state index contributed by atoms with van der Waals surface area (Å²) in [5, 5.41) is 5.86. The fourth-order valence-corrected chi connectivity index (χ4v) is 4.55. The third-order valence-corrected chi connectivity index (χ3v) is 6.77. The largest absolute Gasteiger partial charge is 0.376 e. The third kappa shape index (κ3) is 5.56. The van der Waals surface area contributed by atoms with Crippen LogP contribution in [0.3, 0.4) is 0 Å². The number of sulfonamides is 1. The fourth-order valence-electron chi connectivity index (χ4n) is 2.84. The predicted octanol–water partition coefficient (Wildman–Crippen LogP) is 3.06. The maximum absolute atomic E-state index is 12.8. The van der Waals surface area contributed by atoms with Gasteiger partial charge in [-0.3, -0.25) is 4.79 Å². The first-order valence-corrected chi connectivity index (χ1v) is 10.9. The highest BCUT2D eigenvalue weighted by Crippen LogP contribution is 2.23. The molecule has 0 atom stereocenters. The molecule has 2 aromatic carbocycles. The molecule has 6 nitrogen and oxygen atoms in total. The molecule has 2 N–H and O–H groups in total. The highest BCUT2D eigenvalue weighted by Gasteiger charge is 2.23. The zero-order valence-electron chi connectivity index (χ0n) is 17.0. The zero-order chi connectivity index (χ0) is 20.7. The van der Waals surface area contributed by atoms with E-state index in [2.05, 4.69) is 10.6 Å². The van der Waals surface area contributed by atoms with Crippen molar-refractivity contribution in [1.82, 2.24) is 9.62 Å². The van der Waals surface area contributed by atoms with Crippen LogP contribution in [0.4, 0.5) is 5.69 Å². The molecule has 0 aliphatic rings. The highest BCUT2D eigenvalue weighted by atomic mass is 32.2. The van der Waals surface area contributed by atoms with Gasteiger partial charge in [-0.1, -0.05) is 49.7 Å². The van der Waals surface area contributed by atoms with Crippen LogP contribution in [0.5, 0.6) is 0 Å². The molecule has 0 saturated heterocycles. The first kappa shape index (κ1) is 21.9. The number of hydrogen-bond donors (Lipinski definition) is 2. The van der Waals surface area contributed by atoms with Crippen molar-refractivity contribution in [3.63, 3.8) is 0 Å². The van der Waals surface area contributed by atoms with Crippen molar-refractivity contribution in [3.8, 4) is 0 Å². The molecule has 0 fully saturated rings. The van der Waals surface area contributed by atoms with Crippen molar-refractivity contribution in [2.45, 2.75) is 39.1 Å². The number of aryl methyl sites for hydroxylation is 2. The van der Waals surface area contributed by atoms with Gasteiger partial charge in [-0.15, -0.1) is 0 Å². The van der Waals surface area contributed by atoms with E-state index >= 15 is 0 Å². The number of nitrogens with zero attached hydrogens (tertiary/aromatic N) is 1. The van der Waals surface area contributed by atoms with Gasteiger partial charge in [-0.05, 0) is 37.1 Å². The van der Waals surface area contributed by atoms with Crippen LogP contribution in [-0.4, -0.2) is 38.3 Å². The number of rotatable bonds is 9. The van der Waals surface area contributed by atoms with Crippen LogP contribution in [-0.2, 0) is 21.4 Å². The van der Waals surface area contributed by atoms with Crippen LogP contribution in [0.15, 0.2) is 47.4 Å². The zero-order valence-corrected chi connectivity index (χ0v) is 17.8. The average Bonchev–Trinajstić information content (AvgIpc) is 2.67. The van der Waals surface area contributed by atoms with Crippen molar-refractivity contribution in [3.05, 3.63) is 59.2 Å². The minimum absolute atomic E-state index is 0.0691. The summed E-state index contributed by atoms with van der Waals surface area (Å²) in [4.78, 5) is 12.4. The number of amides is 1. The van der Waals surface area contributed by atoms with Crippen LogP contribution in [0, 0.1) is 13.8 Å². The Morgan fingerprint density at radius 1 is 1.00 bits per heavy atom. The normalized spacial score (nSPS) is 11.5.